The monoisotopic (exact) mass is 460 g/mol. The number of carboxylic acid groups (broad SMARTS) is 1. The summed E-state index contributed by atoms with van der Waals surface area (Å²) in [5.41, 5.74) is 4.02. The van der Waals surface area contributed by atoms with Gasteiger partial charge in [0.05, 0.1) is 6.42 Å². The van der Waals surface area contributed by atoms with E-state index in [0.29, 0.717) is 37.4 Å². The van der Waals surface area contributed by atoms with Crippen molar-refractivity contribution >= 4 is 12.1 Å². The van der Waals surface area contributed by atoms with Gasteiger partial charge in [-0.2, -0.15) is 0 Å². The lowest BCUT2D eigenvalue weighted by atomic mass is 10.1. The van der Waals surface area contributed by atoms with Crippen LogP contribution in [0.25, 0.3) is 0 Å². The summed E-state index contributed by atoms with van der Waals surface area (Å²) in [4.78, 5) is 29.4. The van der Waals surface area contributed by atoms with Crippen molar-refractivity contribution < 1.29 is 24.2 Å². The van der Waals surface area contributed by atoms with Crippen LogP contribution in [0.4, 0.5) is 4.79 Å². The number of benzene rings is 2. The number of ether oxygens (including phenoxy) is 2. The van der Waals surface area contributed by atoms with Crippen LogP contribution in [0.15, 0.2) is 66.9 Å². The lowest BCUT2D eigenvalue weighted by molar-refractivity contribution is -0.136. The molecule has 1 aliphatic heterocycles. The minimum absolute atomic E-state index is 0.00360. The minimum Gasteiger partial charge on any atom is -0.490 e. The van der Waals surface area contributed by atoms with Crippen LogP contribution in [-0.2, 0) is 17.6 Å². The number of aryl methyl sites for hydroxylation is 1. The van der Waals surface area contributed by atoms with E-state index in [2.05, 4.69) is 11.1 Å². The highest BCUT2D eigenvalue weighted by Gasteiger charge is 2.25. The van der Waals surface area contributed by atoms with E-state index >= 15 is 0 Å². The molecule has 7 nitrogen and oxygen atoms in total. The zero-order valence-electron chi connectivity index (χ0n) is 19.1. The maximum atomic E-state index is 12.6. The number of hydrogen-bond acceptors (Lipinski definition) is 5. The van der Waals surface area contributed by atoms with Gasteiger partial charge in [0.2, 0.25) is 0 Å². The maximum Gasteiger partial charge on any atom is 0.415 e. The molecule has 2 heterocycles. The highest BCUT2D eigenvalue weighted by molar-refractivity contribution is 5.71. The predicted octanol–water partition coefficient (Wildman–Crippen LogP) is 4.65. The summed E-state index contributed by atoms with van der Waals surface area (Å²) in [6.07, 6.45) is 3.59. The van der Waals surface area contributed by atoms with Crippen molar-refractivity contribution in [3.8, 4) is 11.5 Å². The minimum atomic E-state index is -0.858. The van der Waals surface area contributed by atoms with Gasteiger partial charge in [-0.1, -0.05) is 24.3 Å². The summed E-state index contributed by atoms with van der Waals surface area (Å²) in [5, 5.41) is 8.86. The number of carboxylic acids is 1. The molecule has 1 amide bonds. The number of carbonyl (C=O) groups excluding carboxylic acids is 1. The molecule has 1 aromatic heterocycles. The molecule has 3 aromatic rings. The molecule has 0 aliphatic carbocycles. The smallest absolute Gasteiger partial charge is 0.415 e. The molecule has 0 atom stereocenters. The lowest BCUT2D eigenvalue weighted by Gasteiger charge is -2.31. The molecule has 0 spiro atoms. The molecule has 4 rings (SSSR count). The summed E-state index contributed by atoms with van der Waals surface area (Å²) < 4.78 is 11.6. The molecule has 1 N–H and O–H groups in total. The number of likely N-dealkylation sites (tertiary alicyclic amines) is 1. The number of carbonyl (C=O) groups is 2. The number of aliphatic carboxylic acids is 1. The number of piperidine rings is 1. The van der Waals surface area contributed by atoms with Crippen LogP contribution in [0.2, 0.25) is 0 Å². The van der Waals surface area contributed by atoms with Gasteiger partial charge in [0.15, 0.2) is 0 Å². The Kier molecular flexibility index (Phi) is 7.42. The van der Waals surface area contributed by atoms with Crippen molar-refractivity contribution in [3.63, 3.8) is 0 Å². The average Bonchev–Trinajstić information content (AvgIpc) is 2.82. The normalized spacial score (nSPS) is 14.0. The van der Waals surface area contributed by atoms with Crippen LogP contribution in [0.1, 0.15) is 35.2 Å². The Bertz CT molecular complexity index is 1120. The van der Waals surface area contributed by atoms with Gasteiger partial charge in [-0.25, -0.2) is 4.79 Å². The molecule has 1 aliphatic rings. The highest BCUT2D eigenvalue weighted by Crippen LogP contribution is 2.21. The van der Waals surface area contributed by atoms with Crippen LogP contribution in [0.5, 0.6) is 11.5 Å². The van der Waals surface area contributed by atoms with Gasteiger partial charge in [-0.05, 0) is 60.0 Å². The van der Waals surface area contributed by atoms with Gasteiger partial charge in [-0.15, -0.1) is 0 Å². The van der Waals surface area contributed by atoms with Crippen LogP contribution < -0.4 is 9.47 Å². The van der Waals surface area contributed by atoms with Crippen molar-refractivity contribution in [2.45, 2.75) is 38.7 Å². The van der Waals surface area contributed by atoms with Crippen molar-refractivity contribution in [1.82, 2.24) is 9.88 Å². The lowest BCUT2D eigenvalue weighted by Crippen LogP contribution is -2.43. The second-order valence-electron chi connectivity index (χ2n) is 8.53. The van der Waals surface area contributed by atoms with Crippen LogP contribution in [0.3, 0.4) is 0 Å². The predicted molar refractivity (Wildman–Crippen MR) is 127 cm³/mol. The fourth-order valence-electron chi connectivity index (χ4n) is 3.95. The second kappa shape index (κ2) is 10.8. The molecule has 0 radical (unpaired) electrons. The van der Waals surface area contributed by atoms with Gasteiger partial charge < -0.3 is 19.5 Å². The molecule has 0 unspecified atom stereocenters. The molecule has 2 aromatic carbocycles. The molecular formula is C27H28N2O5. The second-order valence-corrected chi connectivity index (χ2v) is 8.53. The third-order valence-corrected chi connectivity index (χ3v) is 5.77. The van der Waals surface area contributed by atoms with Crippen LogP contribution >= 0.6 is 0 Å². The summed E-state index contributed by atoms with van der Waals surface area (Å²) in [7, 11) is 0. The Balaban J connectivity index is 1.23. The largest absolute Gasteiger partial charge is 0.490 e. The first kappa shape index (κ1) is 23.3. The maximum absolute atomic E-state index is 12.6. The Hall–Kier alpha value is -3.87. The first-order valence-electron chi connectivity index (χ1n) is 11.4. The first-order chi connectivity index (χ1) is 16.4. The Morgan fingerprint density at radius 1 is 0.971 bits per heavy atom. The van der Waals surface area contributed by atoms with E-state index in [4.69, 9.17) is 14.6 Å². The quantitative estimate of drug-likeness (QED) is 0.552. The standard InChI is InChI=1S/C27H28N2O5/c1-19-10-13-28-22(16-19)17-20-2-8-24(9-3-20)34-27(32)29-14-11-25(12-15-29)33-23-6-4-21(5-7-23)18-26(30)31/h2-10,13,16,25H,11-12,14-15,17-18H2,1H3,(H,30,31). The number of hydrogen-bond donors (Lipinski definition) is 1. The van der Waals surface area contributed by atoms with E-state index < -0.39 is 5.97 Å². The topological polar surface area (TPSA) is 89.0 Å². The average molecular weight is 461 g/mol. The molecule has 0 bridgehead atoms. The molecule has 176 valence electrons. The Morgan fingerprint density at radius 3 is 2.26 bits per heavy atom. The van der Waals surface area contributed by atoms with E-state index in [9.17, 15) is 9.59 Å². The zero-order valence-corrected chi connectivity index (χ0v) is 19.1. The van der Waals surface area contributed by atoms with Crippen molar-refractivity contribution in [2.75, 3.05) is 13.1 Å². The number of rotatable bonds is 7. The van der Waals surface area contributed by atoms with Gasteiger partial charge in [0.1, 0.15) is 17.6 Å². The van der Waals surface area contributed by atoms with Crippen molar-refractivity contribution in [1.29, 1.82) is 0 Å². The van der Waals surface area contributed by atoms with E-state index in [0.717, 1.165) is 23.2 Å². The van der Waals surface area contributed by atoms with Gasteiger partial charge >= 0.3 is 12.1 Å². The summed E-state index contributed by atoms with van der Waals surface area (Å²) in [6, 6.07) is 18.7. The fraction of sp³-hybridized carbons (Fsp3) is 0.296. The SMILES string of the molecule is Cc1ccnc(Cc2ccc(OC(=O)N3CCC(Oc4ccc(CC(=O)O)cc4)CC3)cc2)c1. The van der Waals surface area contributed by atoms with E-state index in [1.54, 1.807) is 29.2 Å². The van der Waals surface area contributed by atoms with Gasteiger partial charge in [0.25, 0.3) is 0 Å². The Labute approximate surface area is 199 Å². The summed E-state index contributed by atoms with van der Waals surface area (Å²) in [5.74, 6) is 0.366. The van der Waals surface area contributed by atoms with Crippen molar-refractivity contribution in [3.05, 3.63) is 89.2 Å². The molecule has 34 heavy (non-hydrogen) atoms. The molecule has 1 fully saturated rings. The van der Waals surface area contributed by atoms with Crippen LogP contribution in [0, 0.1) is 6.92 Å². The van der Waals surface area contributed by atoms with E-state index in [-0.39, 0.29) is 18.6 Å². The van der Waals surface area contributed by atoms with Gasteiger partial charge in [0, 0.05) is 44.2 Å². The molecule has 7 heteroatoms. The van der Waals surface area contributed by atoms with Gasteiger partial charge in [-0.3, -0.25) is 9.78 Å². The third kappa shape index (κ3) is 6.57. The number of aromatic nitrogens is 1. The first-order valence-corrected chi connectivity index (χ1v) is 11.4. The molecule has 1 saturated heterocycles. The van der Waals surface area contributed by atoms with E-state index in [1.165, 1.54) is 5.56 Å². The van der Waals surface area contributed by atoms with Crippen molar-refractivity contribution in [2.24, 2.45) is 0 Å². The number of amides is 1. The molecular weight excluding hydrogens is 432 g/mol. The fourth-order valence-corrected chi connectivity index (χ4v) is 3.95. The third-order valence-electron chi connectivity index (χ3n) is 5.77. The number of nitrogens with zero attached hydrogens (tertiary/aromatic N) is 2. The van der Waals surface area contributed by atoms with E-state index in [1.807, 2.05) is 43.5 Å². The number of pyridine rings is 1. The summed E-state index contributed by atoms with van der Waals surface area (Å²) in [6.45, 7) is 3.15. The highest BCUT2D eigenvalue weighted by atomic mass is 16.6. The van der Waals surface area contributed by atoms with Crippen LogP contribution in [-0.4, -0.2) is 46.2 Å². The molecule has 0 saturated carbocycles. The Morgan fingerprint density at radius 2 is 1.62 bits per heavy atom. The summed E-state index contributed by atoms with van der Waals surface area (Å²) >= 11 is 0. The zero-order chi connectivity index (χ0) is 23.9.